The van der Waals surface area contributed by atoms with Crippen molar-refractivity contribution in [2.75, 3.05) is 32.8 Å². The van der Waals surface area contributed by atoms with Gasteiger partial charge in [-0.2, -0.15) is 0 Å². The number of benzene rings is 1. The highest BCUT2D eigenvalue weighted by atomic mass is 32.1. The number of rotatable bonds is 2. The second-order valence-electron chi connectivity index (χ2n) is 7.39. The highest BCUT2D eigenvalue weighted by Gasteiger charge is 2.34. The molecule has 0 spiro atoms. The highest BCUT2D eigenvalue weighted by molar-refractivity contribution is 7.14. The summed E-state index contributed by atoms with van der Waals surface area (Å²) in [4.78, 5) is 31.5. The molecule has 28 heavy (non-hydrogen) atoms. The third-order valence-corrected chi connectivity index (χ3v) is 6.85. The fraction of sp³-hybridized carbons (Fsp3) is 0.429. The molecule has 6 nitrogen and oxygen atoms in total. The molecule has 3 heterocycles. The topological polar surface area (TPSA) is 59.1 Å². The van der Waals surface area contributed by atoms with Gasteiger partial charge in [0.05, 0.1) is 4.88 Å². The van der Waals surface area contributed by atoms with Crippen LogP contribution >= 0.6 is 11.3 Å². The predicted molar refractivity (Wildman–Crippen MR) is 105 cm³/mol. The fourth-order valence-electron chi connectivity index (χ4n) is 4.07. The van der Waals surface area contributed by atoms with Gasteiger partial charge in [0.2, 0.25) is 6.10 Å². The Kier molecular flexibility index (Phi) is 4.47. The van der Waals surface area contributed by atoms with E-state index in [0.717, 1.165) is 17.7 Å². The lowest BCUT2D eigenvalue weighted by atomic mass is 10.2. The molecule has 1 aromatic carbocycles. The average Bonchev–Trinajstić information content (AvgIpc) is 3.35. The van der Waals surface area contributed by atoms with Gasteiger partial charge in [-0.15, -0.1) is 11.3 Å². The van der Waals surface area contributed by atoms with Crippen molar-refractivity contribution in [1.29, 1.82) is 0 Å². The molecule has 0 radical (unpaired) electrons. The molecule has 0 bridgehead atoms. The average molecular weight is 398 g/mol. The van der Waals surface area contributed by atoms with Crippen LogP contribution in [0.4, 0.5) is 0 Å². The lowest BCUT2D eigenvalue weighted by molar-refractivity contribution is -0.142. The van der Waals surface area contributed by atoms with Gasteiger partial charge >= 0.3 is 0 Å². The molecule has 0 saturated carbocycles. The maximum atomic E-state index is 12.8. The summed E-state index contributed by atoms with van der Waals surface area (Å²) in [7, 11) is 0. The standard InChI is InChI=1S/C21H22N2O4S/c24-20(17-13-26-15-5-1-2-6-16(15)27-17)22-8-10-23(11-9-22)21(25)19-12-14-4-3-7-18(14)28-19/h1-2,5-6,12,17H,3-4,7-11,13H2/t17-/m0/s1. The molecule has 0 N–H and O–H groups in total. The van der Waals surface area contributed by atoms with Crippen LogP contribution in [0.5, 0.6) is 11.5 Å². The lowest BCUT2D eigenvalue weighted by Crippen LogP contribution is -2.55. The Labute approximate surface area is 167 Å². The van der Waals surface area contributed by atoms with Crippen LogP contribution in [0.2, 0.25) is 0 Å². The molecular formula is C21H22N2O4S. The third kappa shape index (κ3) is 3.13. The van der Waals surface area contributed by atoms with Crippen molar-refractivity contribution in [1.82, 2.24) is 9.80 Å². The highest BCUT2D eigenvalue weighted by Crippen LogP contribution is 2.32. The monoisotopic (exact) mass is 398 g/mol. The minimum Gasteiger partial charge on any atom is -0.485 e. The first-order valence-corrected chi connectivity index (χ1v) is 10.6. The van der Waals surface area contributed by atoms with Gasteiger partial charge in [-0.25, -0.2) is 0 Å². The number of aryl methyl sites for hydroxylation is 2. The molecule has 2 amide bonds. The van der Waals surface area contributed by atoms with Crippen LogP contribution in [0.15, 0.2) is 30.3 Å². The summed E-state index contributed by atoms with van der Waals surface area (Å²) in [6.07, 6.45) is 2.77. The number of carbonyl (C=O) groups excluding carboxylic acids is 2. The molecule has 2 aliphatic heterocycles. The first kappa shape index (κ1) is 17.6. The lowest BCUT2D eigenvalue weighted by Gasteiger charge is -2.37. The van der Waals surface area contributed by atoms with Crippen molar-refractivity contribution in [2.45, 2.75) is 25.4 Å². The third-order valence-electron chi connectivity index (χ3n) is 5.62. The summed E-state index contributed by atoms with van der Waals surface area (Å²) in [5.74, 6) is 1.30. The van der Waals surface area contributed by atoms with Crippen LogP contribution in [-0.2, 0) is 17.6 Å². The molecule has 146 valence electrons. The summed E-state index contributed by atoms with van der Waals surface area (Å²) in [6, 6.07) is 9.45. The molecule has 1 aromatic heterocycles. The molecule has 2 aromatic rings. The smallest absolute Gasteiger partial charge is 0.267 e. The van der Waals surface area contributed by atoms with Crippen LogP contribution in [0, 0.1) is 0 Å². The number of amides is 2. The van der Waals surface area contributed by atoms with E-state index < -0.39 is 6.10 Å². The van der Waals surface area contributed by atoms with Gasteiger partial charge in [-0.05, 0) is 43.0 Å². The van der Waals surface area contributed by atoms with E-state index in [9.17, 15) is 9.59 Å². The number of hydrogen-bond acceptors (Lipinski definition) is 5. The van der Waals surface area contributed by atoms with Crippen LogP contribution in [0.25, 0.3) is 0 Å². The zero-order chi connectivity index (χ0) is 19.1. The minimum absolute atomic E-state index is 0.0725. The Hall–Kier alpha value is -2.54. The SMILES string of the molecule is O=C(c1cc2c(s1)CCC2)N1CCN(C(=O)[C@@H]2COc3ccccc3O2)CC1. The second kappa shape index (κ2) is 7.13. The molecule has 1 saturated heterocycles. The number of carbonyl (C=O) groups is 2. The van der Waals surface area contributed by atoms with Crippen molar-refractivity contribution < 1.29 is 19.1 Å². The van der Waals surface area contributed by atoms with E-state index in [2.05, 4.69) is 6.07 Å². The predicted octanol–water partition coefficient (Wildman–Crippen LogP) is 2.36. The van der Waals surface area contributed by atoms with Crippen LogP contribution in [0.1, 0.15) is 26.5 Å². The Morgan fingerprint density at radius 3 is 2.54 bits per heavy atom. The van der Waals surface area contributed by atoms with E-state index >= 15 is 0 Å². The molecule has 1 atom stereocenters. The first-order chi connectivity index (χ1) is 13.7. The van der Waals surface area contributed by atoms with E-state index in [4.69, 9.17) is 9.47 Å². The molecule has 3 aliphatic rings. The zero-order valence-electron chi connectivity index (χ0n) is 15.6. The fourth-order valence-corrected chi connectivity index (χ4v) is 5.29. The Bertz CT molecular complexity index is 895. The number of nitrogens with zero attached hydrogens (tertiary/aromatic N) is 2. The van der Waals surface area contributed by atoms with Crippen molar-refractivity contribution in [2.24, 2.45) is 0 Å². The summed E-state index contributed by atoms with van der Waals surface area (Å²) < 4.78 is 11.5. The summed E-state index contributed by atoms with van der Waals surface area (Å²) in [6.45, 7) is 2.37. The van der Waals surface area contributed by atoms with E-state index in [1.807, 2.05) is 29.2 Å². The van der Waals surface area contributed by atoms with Gasteiger partial charge in [0.1, 0.15) is 6.61 Å². The zero-order valence-corrected chi connectivity index (χ0v) is 16.4. The van der Waals surface area contributed by atoms with E-state index in [0.29, 0.717) is 37.7 Å². The Balaban J connectivity index is 1.19. The summed E-state index contributed by atoms with van der Waals surface area (Å²) >= 11 is 1.64. The Morgan fingerprint density at radius 2 is 1.75 bits per heavy atom. The minimum atomic E-state index is -0.627. The van der Waals surface area contributed by atoms with Crippen molar-refractivity contribution in [3.8, 4) is 11.5 Å². The number of thiophene rings is 1. The largest absolute Gasteiger partial charge is 0.485 e. The van der Waals surface area contributed by atoms with Crippen molar-refractivity contribution >= 4 is 23.2 Å². The van der Waals surface area contributed by atoms with E-state index in [1.54, 1.807) is 16.2 Å². The number of ether oxygens (including phenoxy) is 2. The van der Waals surface area contributed by atoms with Gasteiger partial charge < -0.3 is 19.3 Å². The molecule has 0 unspecified atom stereocenters. The Morgan fingerprint density at radius 1 is 1.00 bits per heavy atom. The quantitative estimate of drug-likeness (QED) is 0.779. The van der Waals surface area contributed by atoms with Gasteiger partial charge in [-0.1, -0.05) is 12.1 Å². The molecular weight excluding hydrogens is 376 g/mol. The van der Waals surface area contributed by atoms with E-state index in [1.165, 1.54) is 16.9 Å². The van der Waals surface area contributed by atoms with Crippen molar-refractivity contribution in [3.63, 3.8) is 0 Å². The number of piperazine rings is 1. The molecule has 1 fully saturated rings. The molecule has 1 aliphatic carbocycles. The number of hydrogen-bond donors (Lipinski definition) is 0. The van der Waals surface area contributed by atoms with Crippen LogP contribution < -0.4 is 9.47 Å². The number of para-hydroxylation sites is 2. The van der Waals surface area contributed by atoms with Gasteiger partial charge in [-0.3, -0.25) is 9.59 Å². The van der Waals surface area contributed by atoms with Crippen LogP contribution in [-0.4, -0.2) is 60.5 Å². The second-order valence-corrected chi connectivity index (χ2v) is 8.53. The first-order valence-electron chi connectivity index (χ1n) is 9.77. The maximum absolute atomic E-state index is 12.8. The summed E-state index contributed by atoms with van der Waals surface area (Å²) in [5, 5.41) is 0. The number of fused-ring (bicyclic) bond motifs is 2. The molecule has 5 rings (SSSR count). The molecule has 7 heteroatoms. The van der Waals surface area contributed by atoms with Crippen molar-refractivity contribution in [3.05, 3.63) is 45.6 Å². The summed E-state index contributed by atoms with van der Waals surface area (Å²) in [5.41, 5.74) is 1.34. The normalized spacial score (nSPS) is 20.8. The maximum Gasteiger partial charge on any atom is 0.267 e. The van der Waals surface area contributed by atoms with Gasteiger partial charge in [0.15, 0.2) is 11.5 Å². The van der Waals surface area contributed by atoms with Crippen LogP contribution in [0.3, 0.4) is 0 Å². The van der Waals surface area contributed by atoms with Gasteiger partial charge in [0.25, 0.3) is 11.8 Å². The van der Waals surface area contributed by atoms with E-state index in [-0.39, 0.29) is 18.4 Å². The van der Waals surface area contributed by atoms with Gasteiger partial charge in [0, 0.05) is 31.1 Å².